The number of aromatic amines is 1. The summed E-state index contributed by atoms with van der Waals surface area (Å²) in [7, 11) is 1.73. The van der Waals surface area contributed by atoms with Crippen molar-refractivity contribution in [3.63, 3.8) is 0 Å². The highest BCUT2D eigenvalue weighted by atomic mass is 16.5. The third-order valence-corrected chi connectivity index (χ3v) is 4.22. The third-order valence-electron chi connectivity index (χ3n) is 4.22. The van der Waals surface area contributed by atoms with E-state index in [-0.39, 0.29) is 0 Å². The van der Waals surface area contributed by atoms with Gasteiger partial charge in [0.2, 0.25) is 5.95 Å². The van der Waals surface area contributed by atoms with Gasteiger partial charge in [-0.25, -0.2) is 0 Å². The van der Waals surface area contributed by atoms with Crippen molar-refractivity contribution in [2.45, 2.75) is 31.7 Å². The van der Waals surface area contributed by atoms with Crippen LogP contribution in [-0.4, -0.2) is 54.6 Å². The van der Waals surface area contributed by atoms with Crippen molar-refractivity contribution in [3.05, 3.63) is 5.82 Å². The van der Waals surface area contributed by atoms with Crippen molar-refractivity contribution in [1.29, 1.82) is 0 Å². The Hall–Kier alpha value is -1.14. The van der Waals surface area contributed by atoms with Crippen molar-refractivity contribution in [1.82, 2.24) is 20.5 Å². The molecule has 2 aliphatic heterocycles. The Morgan fingerprint density at radius 1 is 1.42 bits per heavy atom. The molecule has 2 saturated heterocycles. The van der Waals surface area contributed by atoms with Crippen molar-refractivity contribution in [3.8, 4) is 0 Å². The van der Waals surface area contributed by atoms with E-state index in [1.54, 1.807) is 7.11 Å². The molecule has 0 bridgehead atoms. The van der Waals surface area contributed by atoms with Gasteiger partial charge in [0.05, 0.1) is 0 Å². The second kappa shape index (κ2) is 5.88. The van der Waals surface area contributed by atoms with Gasteiger partial charge in [0.1, 0.15) is 5.82 Å². The molecular weight excluding hydrogens is 242 g/mol. The van der Waals surface area contributed by atoms with E-state index in [0.717, 1.165) is 56.8 Å². The predicted molar refractivity (Wildman–Crippen MR) is 73.3 cm³/mol. The number of ether oxygens (including phenoxy) is 1. The average molecular weight is 265 g/mol. The topological polar surface area (TPSA) is 66.1 Å². The molecule has 2 aliphatic rings. The first-order chi connectivity index (χ1) is 9.38. The highest BCUT2D eigenvalue weighted by molar-refractivity contribution is 5.33. The summed E-state index contributed by atoms with van der Waals surface area (Å²) < 4.78 is 5.06. The van der Waals surface area contributed by atoms with Gasteiger partial charge in [-0.1, -0.05) is 0 Å². The van der Waals surface area contributed by atoms with Gasteiger partial charge < -0.3 is 15.0 Å². The number of rotatable bonds is 5. The van der Waals surface area contributed by atoms with Crippen LogP contribution in [0.3, 0.4) is 0 Å². The highest BCUT2D eigenvalue weighted by Gasteiger charge is 2.36. The van der Waals surface area contributed by atoms with Crippen LogP contribution in [0, 0.1) is 5.92 Å². The van der Waals surface area contributed by atoms with Crippen LogP contribution in [-0.2, 0) is 11.2 Å². The van der Waals surface area contributed by atoms with Crippen LogP contribution in [0.1, 0.15) is 25.1 Å². The van der Waals surface area contributed by atoms with Gasteiger partial charge in [-0.05, 0) is 25.2 Å². The fraction of sp³-hybridized carbons (Fsp3) is 0.846. The zero-order valence-electron chi connectivity index (χ0n) is 11.6. The molecule has 19 heavy (non-hydrogen) atoms. The Labute approximate surface area is 113 Å². The molecule has 2 atom stereocenters. The number of H-pyrrole nitrogens is 1. The Bertz CT molecular complexity index is 407. The minimum atomic E-state index is 0.580. The minimum Gasteiger partial charge on any atom is -0.385 e. The summed E-state index contributed by atoms with van der Waals surface area (Å²) in [4.78, 5) is 7.02. The monoisotopic (exact) mass is 265 g/mol. The van der Waals surface area contributed by atoms with Crippen molar-refractivity contribution < 1.29 is 4.74 Å². The molecule has 1 aromatic rings. The first-order valence-electron chi connectivity index (χ1n) is 7.26. The van der Waals surface area contributed by atoms with Crippen LogP contribution >= 0.6 is 0 Å². The van der Waals surface area contributed by atoms with Gasteiger partial charge in [-0.3, -0.25) is 5.10 Å². The molecule has 0 aliphatic carbocycles. The molecule has 0 aromatic carbocycles. The number of aromatic nitrogens is 3. The number of anilines is 1. The standard InChI is InChI=1S/C13H23N5O/c1-19-7-3-5-12-15-13(17-16-12)18-6-2-4-10-8-14-9-11(10)18/h10-11,14H,2-9H2,1H3,(H,15,16,17). The lowest BCUT2D eigenvalue weighted by Gasteiger charge is -2.36. The van der Waals surface area contributed by atoms with Crippen molar-refractivity contribution in [2.24, 2.45) is 5.92 Å². The number of fused-ring (bicyclic) bond motifs is 1. The average Bonchev–Trinajstić information content (AvgIpc) is 3.07. The van der Waals surface area contributed by atoms with E-state index in [1.165, 1.54) is 12.8 Å². The Kier molecular flexibility index (Phi) is 3.98. The first-order valence-corrected chi connectivity index (χ1v) is 7.26. The zero-order chi connectivity index (χ0) is 13.1. The van der Waals surface area contributed by atoms with Gasteiger partial charge >= 0.3 is 0 Å². The molecule has 0 radical (unpaired) electrons. The third kappa shape index (κ3) is 2.74. The highest BCUT2D eigenvalue weighted by Crippen LogP contribution is 2.28. The van der Waals surface area contributed by atoms with Crippen molar-refractivity contribution >= 4 is 5.95 Å². The van der Waals surface area contributed by atoms with Crippen LogP contribution in [0.15, 0.2) is 0 Å². The number of nitrogens with zero attached hydrogens (tertiary/aromatic N) is 3. The van der Waals surface area contributed by atoms with E-state index in [1.807, 2.05) is 0 Å². The molecule has 0 amide bonds. The maximum Gasteiger partial charge on any atom is 0.245 e. The lowest BCUT2D eigenvalue weighted by atomic mass is 9.92. The second-order valence-corrected chi connectivity index (χ2v) is 5.50. The molecule has 3 rings (SSSR count). The van der Waals surface area contributed by atoms with Crippen LogP contribution < -0.4 is 10.2 Å². The van der Waals surface area contributed by atoms with E-state index in [2.05, 4.69) is 25.4 Å². The molecule has 6 heteroatoms. The minimum absolute atomic E-state index is 0.580. The number of nitrogens with one attached hydrogen (secondary N) is 2. The van der Waals surface area contributed by atoms with E-state index in [4.69, 9.17) is 4.74 Å². The summed E-state index contributed by atoms with van der Waals surface area (Å²) in [5, 5.41) is 11.0. The van der Waals surface area contributed by atoms with Crippen LogP contribution in [0.5, 0.6) is 0 Å². The number of aryl methyl sites for hydroxylation is 1. The van der Waals surface area contributed by atoms with Crippen LogP contribution in [0.25, 0.3) is 0 Å². The maximum atomic E-state index is 5.06. The predicted octanol–water partition coefficient (Wildman–Crippen LogP) is 0.572. The summed E-state index contributed by atoms with van der Waals surface area (Å²) >= 11 is 0. The summed E-state index contributed by atoms with van der Waals surface area (Å²) in [5.74, 6) is 2.62. The Morgan fingerprint density at radius 3 is 3.26 bits per heavy atom. The van der Waals surface area contributed by atoms with Gasteiger partial charge in [-0.2, -0.15) is 4.98 Å². The summed E-state index contributed by atoms with van der Waals surface area (Å²) in [6.45, 7) is 4.07. The molecule has 0 spiro atoms. The first kappa shape index (κ1) is 12.9. The van der Waals surface area contributed by atoms with E-state index in [9.17, 15) is 0 Å². The number of methoxy groups -OCH3 is 1. The molecule has 106 valence electrons. The van der Waals surface area contributed by atoms with Crippen molar-refractivity contribution in [2.75, 3.05) is 38.3 Å². The maximum absolute atomic E-state index is 5.06. The molecule has 2 N–H and O–H groups in total. The van der Waals surface area contributed by atoms with Crippen LogP contribution in [0.2, 0.25) is 0 Å². The number of piperidine rings is 1. The fourth-order valence-corrected chi connectivity index (χ4v) is 3.23. The summed E-state index contributed by atoms with van der Waals surface area (Å²) in [6.07, 6.45) is 4.47. The fourth-order valence-electron chi connectivity index (χ4n) is 3.23. The molecule has 2 unspecified atom stereocenters. The lowest BCUT2D eigenvalue weighted by Crippen LogP contribution is -2.45. The second-order valence-electron chi connectivity index (χ2n) is 5.50. The molecule has 6 nitrogen and oxygen atoms in total. The van der Waals surface area contributed by atoms with E-state index < -0.39 is 0 Å². The van der Waals surface area contributed by atoms with Gasteiger partial charge in [0.15, 0.2) is 0 Å². The zero-order valence-corrected chi connectivity index (χ0v) is 11.6. The molecule has 0 saturated carbocycles. The number of hydrogen-bond donors (Lipinski definition) is 2. The lowest BCUT2D eigenvalue weighted by molar-refractivity contribution is 0.194. The van der Waals surface area contributed by atoms with Gasteiger partial charge in [0.25, 0.3) is 0 Å². The molecular formula is C13H23N5O. The Balaban J connectivity index is 1.64. The number of hydrogen-bond acceptors (Lipinski definition) is 5. The largest absolute Gasteiger partial charge is 0.385 e. The normalized spacial score (nSPS) is 26.7. The van der Waals surface area contributed by atoms with Gasteiger partial charge in [-0.15, -0.1) is 5.10 Å². The smallest absolute Gasteiger partial charge is 0.245 e. The SMILES string of the molecule is COCCCc1nc(N2CCCC3CNCC32)n[nH]1. The van der Waals surface area contributed by atoms with E-state index >= 15 is 0 Å². The summed E-state index contributed by atoms with van der Waals surface area (Å²) in [6, 6.07) is 0.580. The molecule has 2 fully saturated rings. The Morgan fingerprint density at radius 2 is 2.37 bits per heavy atom. The molecule has 1 aromatic heterocycles. The quantitative estimate of drug-likeness (QED) is 0.762. The van der Waals surface area contributed by atoms with E-state index in [0.29, 0.717) is 6.04 Å². The van der Waals surface area contributed by atoms with Crippen LogP contribution in [0.4, 0.5) is 5.95 Å². The van der Waals surface area contributed by atoms with Gasteiger partial charge in [0, 0.05) is 45.8 Å². The summed E-state index contributed by atoms with van der Waals surface area (Å²) in [5.41, 5.74) is 0. The molecule has 3 heterocycles.